The van der Waals surface area contributed by atoms with Crippen LogP contribution in [0.3, 0.4) is 0 Å². The SMILES string of the molecule is COc1ccc([N+](=O)[O-])cc1C(=O)Nc1cccc(C#Cc2ccccc2)c1. The number of carbonyl (C=O) groups excluding carboxylic acids is 1. The van der Waals surface area contributed by atoms with Crippen LogP contribution in [-0.2, 0) is 0 Å². The van der Waals surface area contributed by atoms with Gasteiger partial charge < -0.3 is 10.1 Å². The van der Waals surface area contributed by atoms with Gasteiger partial charge in [0.1, 0.15) is 5.75 Å². The molecule has 0 unspecified atom stereocenters. The molecule has 0 radical (unpaired) electrons. The Hall–Kier alpha value is -4.11. The lowest BCUT2D eigenvalue weighted by Crippen LogP contribution is -2.13. The first-order valence-electron chi connectivity index (χ1n) is 8.38. The van der Waals surface area contributed by atoms with Crippen LogP contribution in [0.25, 0.3) is 0 Å². The first kappa shape index (κ1) is 18.7. The molecule has 0 saturated heterocycles. The zero-order chi connectivity index (χ0) is 19.9. The monoisotopic (exact) mass is 372 g/mol. The summed E-state index contributed by atoms with van der Waals surface area (Å²) in [4.78, 5) is 23.0. The molecule has 1 amide bonds. The summed E-state index contributed by atoms with van der Waals surface area (Å²) < 4.78 is 5.14. The summed E-state index contributed by atoms with van der Waals surface area (Å²) in [6, 6.07) is 20.5. The van der Waals surface area contributed by atoms with E-state index in [1.54, 1.807) is 18.2 Å². The standard InChI is InChI=1S/C22H16N2O4/c1-28-21-13-12-19(24(26)27)15-20(21)22(25)23-18-9-5-8-17(14-18)11-10-16-6-3-2-4-7-16/h2-9,12-15H,1H3,(H,23,25). The molecule has 0 fully saturated rings. The Bertz CT molecular complexity index is 1080. The maximum absolute atomic E-state index is 12.6. The highest BCUT2D eigenvalue weighted by Gasteiger charge is 2.17. The molecule has 0 aliphatic heterocycles. The number of nitro groups is 1. The van der Waals surface area contributed by atoms with Crippen LogP contribution < -0.4 is 10.1 Å². The van der Waals surface area contributed by atoms with E-state index in [0.29, 0.717) is 5.69 Å². The third kappa shape index (κ3) is 4.54. The number of benzene rings is 3. The lowest BCUT2D eigenvalue weighted by Gasteiger charge is -2.09. The predicted molar refractivity (Wildman–Crippen MR) is 106 cm³/mol. The third-order valence-corrected chi connectivity index (χ3v) is 3.88. The van der Waals surface area contributed by atoms with Crippen molar-refractivity contribution in [1.29, 1.82) is 0 Å². The Labute approximate surface area is 161 Å². The van der Waals surface area contributed by atoms with Gasteiger partial charge in [-0.3, -0.25) is 14.9 Å². The molecule has 138 valence electrons. The summed E-state index contributed by atoms with van der Waals surface area (Å²) in [6.07, 6.45) is 0. The molecule has 3 rings (SSSR count). The Morgan fingerprint density at radius 1 is 0.964 bits per heavy atom. The van der Waals surface area contributed by atoms with Gasteiger partial charge in [0.15, 0.2) is 0 Å². The van der Waals surface area contributed by atoms with Gasteiger partial charge in [-0.05, 0) is 36.4 Å². The summed E-state index contributed by atoms with van der Waals surface area (Å²) in [5.41, 5.74) is 2.04. The number of carbonyl (C=O) groups is 1. The van der Waals surface area contributed by atoms with Crippen molar-refractivity contribution >= 4 is 17.3 Å². The minimum Gasteiger partial charge on any atom is -0.496 e. The fourth-order valence-electron chi connectivity index (χ4n) is 2.53. The minimum atomic E-state index is -0.560. The van der Waals surface area contributed by atoms with Crippen molar-refractivity contribution in [1.82, 2.24) is 0 Å². The van der Waals surface area contributed by atoms with Crippen molar-refractivity contribution in [3.8, 4) is 17.6 Å². The van der Waals surface area contributed by atoms with Crippen LogP contribution in [0.2, 0.25) is 0 Å². The Kier molecular flexibility index (Phi) is 5.68. The molecule has 6 heteroatoms. The second-order valence-electron chi connectivity index (χ2n) is 5.79. The van der Waals surface area contributed by atoms with Gasteiger partial charge in [-0.1, -0.05) is 36.1 Å². The summed E-state index contributed by atoms with van der Waals surface area (Å²) in [7, 11) is 1.40. The molecule has 0 aromatic heterocycles. The van der Waals surface area contributed by atoms with E-state index in [-0.39, 0.29) is 17.0 Å². The number of hydrogen-bond donors (Lipinski definition) is 1. The van der Waals surface area contributed by atoms with Crippen molar-refractivity contribution in [2.24, 2.45) is 0 Å². The lowest BCUT2D eigenvalue weighted by molar-refractivity contribution is -0.384. The Balaban J connectivity index is 1.83. The van der Waals surface area contributed by atoms with Gasteiger partial charge in [0.05, 0.1) is 17.6 Å². The smallest absolute Gasteiger partial charge is 0.270 e. The number of rotatable bonds is 4. The van der Waals surface area contributed by atoms with Crippen LogP contribution in [0.15, 0.2) is 72.8 Å². The summed E-state index contributed by atoms with van der Waals surface area (Å²) in [6.45, 7) is 0. The molecule has 0 bridgehead atoms. The van der Waals surface area contributed by atoms with Crippen LogP contribution >= 0.6 is 0 Å². The van der Waals surface area contributed by atoms with E-state index in [9.17, 15) is 14.9 Å². The van der Waals surface area contributed by atoms with Crippen molar-refractivity contribution in [3.05, 3.63) is 99.6 Å². The molecule has 3 aromatic rings. The second kappa shape index (κ2) is 8.52. The van der Waals surface area contributed by atoms with E-state index >= 15 is 0 Å². The van der Waals surface area contributed by atoms with E-state index in [2.05, 4.69) is 17.2 Å². The summed E-state index contributed by atoms with van der Waals surface area (Å²) >= 11 is 0. The van der Waals surface area contributed by atoms with E-state index < -0.39 is 10.8 Å². The number of non-ortho nitro benzene ring substituents is 1. The first-order valence-corrected chi connectivity index (χ1v) is 8.38. The van der Waals surface area contributed by atoms with Gasteiger partial charge in [-0.15, -0.1) is 0 Å². The molecule has 1 N–H and O–H groups in total. The van der Waals surface area contributed by atoms with Gasteiger partial charge in [0, 0.05) is 28.9 Å². The number of methoxy groups -OCH3 is 1. The minimum absolute atomic E-state index is 0.0810. The van der Waals surface area contributed by atoms with Gasteiger partial charge in [0.25, 0.3) is 11.6 Å². The Morgan fingerprint density at radius 2 is 1.68 bits per heavy atom. The maximum Gasteiger partial charge on any atom is 0.270 e. The van der Waals surface area contributed by atoms with Crippen LogP contribution in [0.5, 0.6) is 5.75 Å². The van der Waals surface area contributed by atoms with Crippen molar-refractivity contribution < 1.29 is 14.5 Å². The average molecular weight is 372 g/mol. The summed E-state index contributed by atoms with van der Waals surface area (Å²) in [5, 5.41) is 13.7. The number of nitrogens with one attached hydrogen (secondary N) is 1. The normalized spacial score (nSPS) is 9.75. The van der Waals surface area contributed by atoms with E-state index in [1.807, 2.05) is 36.4 Å². The van der Waals surface area contributed by atoms with Gasteiger partial charge in [-0.2, -0.15) is 0 Å². The molecule has 3 aromatic carbocycles. The first-order chi connectivity index (χ1) is 13.6. The van der Waals surface area contributed by atoms with Crippen LogP contribution in [0.4, 0.5) is 11.4 Å². The third-order valence-electron chi connectivity index (χ3n) is 3.88. The fourth-order valence-corrected chi connectivity index (χ4v) is 2.53. The molecular formula is C22H16N2O4. The molecule has 0 saturated carbocycles. The van der Waals surface area contributed by atoms with Crippen LogP contribution in [-0.4, -0.2) is 17.9 Å². The molecule has 6 nitrogen and oxygen atoms in total. The zero-order valence-corrected chi connectivity index (χ0v) is 15.0. The number of amides is 1. The van der Waals surface area contributed by atoms with E-state index in [1.165, 1.54) is 25.3 Å². The summed E-state index contributed by atoms with van der Waals surface area (Å²) in [5.74, 6) is 5.85. The highest BCUT2D eigenvalue weighted by molar-refractivity contribution is 6.06. The van der Waals surface area contributed by atoms with E-state index in [4.69, 9.17) is 4.74 Å². The van der Waals surface area contributed by atoms with Gasteiger partial charge in [-0.25, -0.2) is 0 Å². The molecule has 28 heavy (non-hydrogen) atoms. The molecule has 0 aliphatic carbocycles. The maximum atomic E-state index is 12.6. The van der Waals surface area contributed by atoms with Crippen LogP contribution in [0.1, 0.15) is 21.5 Å². The number of anilines is 1. The molecular weight excluding hydrogens is 356 g/mol. The van der Waals surface area contributed by atoms with Crippen molar-refractivity contribution in [3.63, 3.8) is 0 Å². The molecule has 0 heterocycles. The largest absolute Gasteiger partial charge is 0.496 e. The second-order valence-corrected chi connectivity index (χ2v) is 5.79. The molecule has 0 atom stereocenters. The molecule has 0 aliphatic rings. The lowest BCUT2D eigenvalue weighted by atomic mass is 10.1. The number of nitro benzene ring substituents is 1. The highest BCUT2D eigenvalue weighted by atomic mass is 16.6. The number of hydrogen-bond acceptors (Lipinski definition) is 4. The van der Waals surface area contributed by atoms with Gasteiger partial charge >= 0.3 is 0 Å². The van der Waals surface area contributed by atoms with E-state index in [0.717, 1.165) is 11.1 Å². The number of ether oxygens (including phenoxy) is 1. The van der Waals surface area contributed by atoms with Gasteiger partial charge in [0.2, 0.25) is 0 Å². The van der Waals surface area contributed by atoms with Crippen molar-refractivity contribution in [2.45, 2.75) is 0 Å². The molecule has 0 spiro atoms. The van der Waals surface area contributed by atoms with Crippen LogP contribution in [0, 0.1) is 22.0 Å². The highest BCUT2D eigenvalue weighted by Crippen LogP contribution is 2.25. The predicted octanol–water partition coefficient (Wildman–Crippen LogP) is 4.26. The van der Waals surface area contributed by atoms with Crippen molar-refractivity contribution in [2.75, 3.05) is 12.4 Å². The topological polar surface area (TPSA) is 81.5 Å². The quantitative estimate of drug-likeness (QED) is 0.422. The fraction of sp³-hybridized carbons (Fsp3) is 0.0455. The average Bonchev–Trinajstić information content (AvgIpc) is 2.72. The zero-order valence-electron chi connectivity index (χ0n) is 15.0. The Morgan fingerprint density at radius 3 is 2.39 bits per heavy atom. The number of nitrogens with zero attached hydrogens (tertiary/aromatic N) is 1.